The molecule has 1 aliphatic heterocycles. The van der Waals surface area contributed by atoms with Crippen molar-refractivity contribution in [2.45, 2.75) is 61.3 Å². The van der Waals surface area contributed by atoms with Gasteiger partial charge in [-0.05, 0) is 63.8 Å². The lowest BCUT2D eigenvalue weighted by atomic mass is 10.1. The summed E-state index contributed by atoms with van der Waals surface area (Å²) >= 11 is 0. The zero-order valence-electron chi connectivity index (χ0n) is 22.3. The molecule has 0 unspecified atom stereocenters. The van der Waals surface area contributed by atoms with Crippen LogP contribution in [0, 0.1) is 6.92 Å². The van der Waals surface area contributed by atoms with Crippen LogP contribution in [0.4, 0.5) is 16.3 Å². The molecule has 1 aromatic carbocycles. The summed E-state index contributed by atoms with van der Waals surface area (Å²) in [5, 5.41) is 10.0. The summed E-state index contributed by atoms with van der Waals surface area (Å²) in [6.45, 7) is 5.57. The highest BCUT2D eigenvalue weighted by Crippen LogP contribution is 2.55. The quantitative estimate of drug-likeness (QED) is 0.458. The van der Waals surface area contributed by atoms with E-state index in [0.717, 1.165) is 18.4 Å². The molecule has 2 amide bonds. The summed E-state index contributed by atoms with van der Waals surface area (Å²) in [7, 11) is -2.02. The van der Waals surface area contributed by atoms with Gasteiger partial charge in [-0.2, -0.15) is 5.10 Å². The first-order chi connectivity index (χ1) is 18.7. The average molecular weight is 552 g/mol. The molecule has 0 radical (unpaired) electrons. The lowest BCUT2D eigenvalue weighted by Gasteiger charge is -2.34. The predicted octanol–water partition coefficient (Wildman–Crippen LogP) is 3.16. The number of amides is 2. The summed E-state index contributed by atoms with van der Waals surface area (Å²) in [6, 6.07) is 9.25. The van der Waals surface area contributed by atoms with Crippen LogP contribution in [0.5, 0.6) is 0 Å². The summed E-state index contributed by atoms with van der Waals surface area (Å²) in [4.78, 5) is 24.3. The van der Waals surface area contributed by atoms with Crippen molar-refractivity contribution in [3.8, 4) is 11.4 Å². The molecule has 2 aromatic heterocycles. The molecule has 3 fully saturated rings. The number of aromatic nitrogens is 4. The van der Waals surface area contributed by atoms with Gasteiger partial charge in [-0.1, -0.05) is 0 Å². The highest BCUT2D eigenvalue weighted by Gasteiger charge is 2.58. The van der Waals surface area contributed by atoms with Crippen LogP contribution in [0.15, 0.2) is 41.4 Å². The average Bonchev–Trinajstić information content (AvgIpc) is 3.83. The number of urea groups is 1. The molecule has 2 N–H and O–H groups in total. The van der Waals surface area contributed by atoms with Gasteiger partial charge in [-0.15, -0.1) is 0 Å². The number of nitrogens with zero attached hydrogens (tertiary/aromatic N) is 5. The SMILES string of the molecule is Cc1nn(C)cc1S(=O)(=O)C1(c2cc(N3CCOC[C@@H]3C)nc(-c3ccc(NC(=O)NC4CC4)cc3)n2)CC1. The smallest absolute Gasteiger partial charge is 0.319 e. The Morgan fingerprint density at radius 2 is 1.90 bits per heavy atom. The fraction of sp³-hybridized carbons (Fsp3) is 0.481. The molecule has 12 heteroatoms. The molecule has 1 atom stereocenters. The van der Waals surface area contributed by atoms with E-state index in [9.17, 15) is 13.2 Å². The number of anilines is 2. The fourth-order valence-electron chi connectivity index (χ4n) is 5.12. The minimum Gasteiger partial charge on any atom is -0.377 e. The number of hydrogen-bond donors (Lipinski definition) is 2. The number of morpholine rings is 1. The Kier molecular flexibility index (Phi) is 6.34. The Bertz CT molecular complexity index is 1510. The maximum atomic E-state index is 14.0. The van der Waals surface area contributed by atoms with Crippen molar-refractivity contribution in [1.82, 2.24) is 25.1 Å². The van der Waals surface area contributed by atoms with Gasteiger partial charge in [0.05, 0.1) is 30.6 Å². The predicted molar refractivity (Wildman–Crippen MR) is 146 cm³/mol. The van der Waals surface area contributed by atoms with Gasteiger partial charge in [-0.25, -0.2) is 23.2 Å². The molecule has 3 heterocycles. The molecule has 1 saturated heterocycles. The van der Waals surface area contributed by atoms with Crippen molar-refractivity contribution in [1.29, 1.82) is 0 Å². The van der Waals surface area contributed by atoms with Crippen LogP contribution in [0.2, 0.25) is 0 Å². The molecule has 0 bridgehead atoms. The lowest BCUT2D eigenvalue weighted by molar-refractivity contribution is 0.0985. The van der Waals surface area contributed by atoms with Crippen LogP contribution >= 0.6 is 0 Å². The number of carbonyl (C=O) groups is 1. The third-order valence-corrected chi connectivity index (χ3v) is 10.3. The number of benzene rings is 1. The highest BCUT2D eigenvalue weighted by atomic mass is 32.2. The van der Waals surface area contributed by atoms with Crippen molar-refractivity contribution < 1.29 is 17.9 Å². The van der Waals surface area contributed by atoms with Crippen molar-refractivity contribution in [2.24, 2.45) is 7.05 Å². The topological polar surface area (TPSA) is 131 Å². The van der Waals surface area contributed by atoms with Gasteiger partial charge in [0.2, 0.25) is 0 Å². The van der Waals surface area contributed by atoms with Crippen LogP contribution in [-0.2, 0) is 26.4 Å². The zero-order valence-corrected chi connectivity index (χ0v) is 23.2. The molecular weight excluding hydrogens is 518 g/mol. The van der Waals surface area contributed by atoms with Crippen LogP contribution in [0.3, 0.4) is 0 Å². The van der Waals surface area contributed by atoms with E-state index >= 15 is 0 Å². The highest BCUT2D eigenvalue weighted by molar-refractivity contribution is 7.92. The number of aryl methyl sites for hydroxylation is 2. The van der Waals surface area contributed by atoms with E-state index in [1.165, 1.54) is 4.68 Å². The number of ether oxygens (including phenoxy) is 1. The monoisotopic (exact) mass is 551 g/mol. The summed E-state index contributed by atoms with van der Waals surface area (Å²) in [6.07, 6.45) is 4.57. The molecule has 39 heavy (non-hydrogen) atoms. The van der Waals surface area contributed by atoms with Crippen LogP contribution < -0.4 is 15.5 Å². The van der Waals surface area contributed by atoms with Crippen molar-refractivity contribution in [3.63, 3.8) is 0 Å². The van der Waals surface area contributed by atoms with E-state index in [1.807, 2.05) is 18.2 Å². The maximum Gasteiger partial charge on any atom is 0.319 e. The Balaban J connectivity index is 1.38. The largest absolute Gasteiger partial charge is 0.377 e. The Morgan fingerprint density at radius 1 is 1.15 bits per heavy atom. The van der Waals surface area contributed by atoms with Gasteiger partial charge in [0, 0.05) is 43.1 Å². The van der Waals surface area contributed by atoms with E-state index < -0.39 is 14.6 Å². The second-order valence-electron chi connectivity index (χ2n) is 10.8. The summed E-state index contributed by atoms with van der Waals surface area (Å²) in [5.41, 5.74) is 2.37. The molecule has 11 nitrogen and oxygen atoms in total. The number of sulfone groups is 1. The summed E-state index contributed by atoms with van der Waals surface area (Å²) < 4.78 is 34.0. The van der Waals surface area contributed by atoms with E-state index in [2.05, 4.69) is 27.6 Å². The Morgan fingerprint density at radius 3 is 2.51 bits per heavy atom. The maximum absolute atomic E-state index is 14.0. The van der Waals surface area contributed by atoms with Gasteiger partial charge in [-0.3, -0.25) is 4.68 Å². The Labute approximate surface area is 227 Å². The second kappa shape index (κ2) is 9.60. The van der Waals surface area contributed by atoms with E-state index in [4.69, 9.17) is 14.7 Å². The van der Waals surface area contributed by atoms with Gasteiger partial charge in [0.1, 0.15) is 15.5 Å². The standard InChI is InChI=1S/C27H33N7O4S/c1-17-16-38-13-12-34(17)24-14-23(27(10-11-27)39(36,37)22-15-33(3)32-18(22)2)30-25(31-24)19-4-6-20(7-5-19)28-26(35)29-21-8-9-21/h4-7,14-15,17,21H,8-13,16H2,1-3H3,(H2,28,29,35)/t17-/m0/s1. The first-order valence-corrected chi connectivity index (χ1v) is 14.8. The number of hydrogen-bond acceptors (Lipinski definition) is 8. The van der Waals surface area contributed by atoms with Gasteiger partial charge in [0.25, 0.3) is 0 Å². The summed E-state index contributed by atoms with van der Waals surface area (Å²) in [5.74, 6) is 1.13. The van der Waals surface area contributed by atoms with E-state index in [0.29, 0.717) is 61.3 Å². The van der Waals surface area contributed by atoms with Crippen molar-refractivity contribution >= 4 is 27.4 Å². The third kappa shape index (κ3) is 4.87. The van der Waals surface area contributed by atoms with Crippen LogP contribution in [0.1, 0.15) is 44.0 Å². The zero-order chi connectivity index (χ0) is 27.4. The molecule has 3 aromatic rings. The molecule has 2 saturated carbocycles. The minimum atomic E-state index is -3.75. The molecule has 206 valence electrons. The number of nitrogens with one attached hydrogen (secondary N) is 2. The molecular formula is C27H33N7O4S. The third-order valence-electron chi connectivity index (χ3n) is 7.63. The van der Waals surface area contributed by atoms with Gasteiger partial charge in [0.15, 0.2) is 15.7 Å². The van der Waals surface area contributed by atoms with E-state index in [-0.39, 0.29) is 23.0 Å². The van der Waals surface area contributed by atoms with Gasteiger partial charge >= 0.3 is 6.03 Å². The fourth-order valence-corrected chi connectivity index (χ4v) is 7.28. The molecule has 2 aliphatic carbocycles. The first kappa shape index (κ1) is 25.8. The van der Waals surface area contributed by atoms with Crippen LogP contribution in [0.25, 0.3) is 11.4 Å². The van der Waals surface area contributed by atoms with Crippen molar-refractivity contribution in [2.75, 3.05) is 30.0 Å². The molecule has 3 aliphatic rings. The minimum absolute atomic E-state index is 0.0817. The normalized spacial score (nSPS) is 20.5. The second-order valence-corrected chi connectivity index (χ2v) is 13.0. The van der Waals surface area contributed by atoms with Crippen LogP contribution in [-0.4, -0.2) is 66.0 Å². The number of rotatable bonds is 7. The molecule has 6 rings (SSSR count). The first-order valence-electron chi connectivity index (χ1n) is 13.3. The lowest BCUT2D eigenvalue weighted by Crippen LogP contribution is -2.44. The number of carbonyl (C=O) groups excluding carboxylic acids is 1. The van der Waals surface area contributed by atoms with Gasteiger partial charge < -0.3 is 20.3 Å². The Hall–Kier alpha value is -3.51. The molecule has 0 spiro atoms. The van der Waals surface area contributed by atoms with E-state index in [1.54, 1.807) is 32.3 Å². The van der Waals surface area contributed by atoms with Crippen molar-refractivity contribution in [3.05, 3.63) is 47.9 Å².